The quantitative estimate of drug-likeness (QED) is 0.731. The van der Waals surface area contributed by atoms with Crippen molar-refractivity contribution in [2.45, 2.75) is 76.4 Å². The first-order chi connectivity index (χ1) is 15.0. The van der Waals surface area contributed by atoms with Crippen LogP contribution in [0, 0.1) is 5.92 Å². The highest BCUT2D eigenvalue weighted by Gasteiger charge is 2.37. The van der Waals surface area contributed by atoms with Gasteiger partial charge in [-0.05, 0) is 62.8 Å². The largest absolute Gasteiger partial charge is 0.368 e. The number of carbonyl (C=O) groups is 3. The molecule has 1 aromatic carbocycles. The minimum atomic E-state index is -0.379. The number of nitrogens with one attached hydrogen (secondary N) is 1. The molecule has 2 saturated heterocycles. The van der Waals surface area contributed by atoms with Gasteiger partial charge in [0.25, 0.3) is 0 Å². The van der Waals surface area contributed by atoms with E-state index < -0.39 is 0 Å². The van der Waals surface area contributed by atoms with Crippen LogP contribution >= 0.6 is 0 Å². The zero-order valence-corrected chi connectivity index (χ0v) is 18.2. The molecule has 7 heteroatoms. The van der Waals surface area contributed by atoms with Gasteiger partial charge in [-0.25, -0.2) is 0 Å². The highest BCUT2D eigenvalue weighted by Crippen LogP contribution is 2.29. The second-order valence-electron chi connectivity index (χ2n) is 9.25. The number of nitrogens with zero attached hydrogens (tertiary/aromatic N) is 2. The van der Waals surface area contributed by atoms with E-state index in [-0.39, 0.29) is 35.7 Å². The Morgan fingerprint density at radius 1 is 0.935 bits per heavy atom. The van der Waals surface area contributed by atoms with Gasteiger partial charge >= 0.3 is 0 Å². The number of anilines is 1. The van der Waals surface area contributed by atoms with Crippen molar-refractivity contribution >= 4 is 23.4 Å². The minimum Gasteiger partial charge on any atom is -0.368 e. The summed E-state index contributed by atoms with van der Waals surface area (Å²) in [5.41, 5.74) is 7.29. The second kappa shape index (κ2) is 9.81. The first-order valence-electron chi connectivity index (χ1n) is 11.8. The Hall–Kier alpha value is -2.41. The Bertz CT molecular complexity index is 821. The van der Waals surface area contributed by atoms with Crippen molar-refractivity contribution in [2.24, 2.45) is 11.7 Å². The van der Waals surface area contributed by atoms with Gasteiger partial charge in [0.1, 0.15) is 6.04 Å². The van der Waals surface area contributed by atoms with Crippen LogP contribution in [-0.4, -0.2) is 52.7 Å². The van der Waals surface area contributed by atoms with E-state index >= 15 is 0 Å². The predicted molar refractivity (Wildman–Crippen MR) is 119 cm³/mol. The summed E-state index contributed by atoms with van der Waals surface area (Å²) < 4.78 is 0. The molecule has 4 rings (SSSR count). The van der Waals surface area contributed by atoms with Crippen LogP contribution in [0.2, 0.25) is 0 Å². The van der Waals surface area contributed by atoms with E-state index in [1.54, 1.807) is 0 Å². The van der Waals surface area contributed by atoms with Gasteiger partial charge in [0, 0.05) is 24.7 Å². The topological polar surface area (TPSA) is 95.7 Å². The average Bonchev–Trinajstić information content (AvgIpc) is 3.44. The van der Waals surface area contributed by atoms with Gasteiger partial charge in [0.15, 0.2) is 0 Å². The molecule has 0 radical (unpaired) electrons. The summed E-state index contributed by atoms with van der Waals surface area (Å²) in [5, 5.41) is 3.03. The van der Waals surface area contributed by atoms with Gasteiger partial charge in [0.05, 0.1) is 6.04 Å². The summed E-state index contributed by atoms with van der Waals surface area (Å²) >= 11 is 0. The number of carbonyl (C=O) groups excluding carboxylic acids is 3. The molecule has 0 bridgehead atoms. The average molecular weight is 427 g/mol. The Morgan fingerprint density at radius 2 is 1.68 bits per heavy atom. The van der Waals surface area contributed by atoms with E-state index in [1.165, 1.54) is 6.42 Å². The zero-order chi connectivity index (χ0) is 21.8. The molecule has 0 aromatic heterocycles. The Balaban J connectivity index is 1.38. The molecule has 3 aliphatic rings. The van der Waals surface area contributed by atoms with E-state index in [4.69, 9.17) is 5.73 Å². The number of nitrogens with two attached hydrogens (primary N) is 1. The van der Waals surface area contributed by atoms with Crippen molar-refractivity contribution in [3.8, 4) is 0 Å². The Kier molecular flexibility index (Phi) is 6.90. The standard InChI is InChI=1S/C24H34N4O3/c25-22(29)20-11-5-13-27(20)16-17-7-4-10-19(15-17)26-23(30)21-12-6-14-28(21)24(31)18-8-2-1-3-9-18/h4,7,10,15,18,20-21H,1-3,5-6,8-9,11-14,16H2,(H2,25,29)(H,26,30). The fraction of sp³-hybridized carbons (Fsp3) is 0.625. The van der Waals surface area contributed by atoms with E-state index in [1.807, 2.05) is 29.2 Å². The van der Waals surface area contributed by atoms with Crippen LogP contribution in [0.3, 0.4) is 0 Å². The third kappa shape index (κ3) is 5.09. The molecule has 3 fully saturated rings. The lowest BCUT2D eigenvalue weighted by atomic mass is 9.88. The van der Waals surface area contributed by atoms with Crippen molar-refractivity contribution in [2.75, 3.05) is 18.4 Å². The van der Waals surface area contributed by atoms with Crippen LogP contribution in [0.25, 0.3) is 0 Å². The number of rotatable bonds is 6. The number of primary amides is 1. The SMILES string of the molecule is NC(=O)C1CCCN1Cc1cccc(NC(=O)C2CCCN2C(=O)C2CCCCC2)c1. The van der Waals surface area contributed by atoms with E-state index in [9.17, 15) is 14.4 Å². The van der Waals surface area contributed by atoms with Gasteiger partial charge in [-0.3, -0.25) is 19.3 Å². The van der Waals surface area contributed by atoms with Crippen molar-refractivity contribution in [1.29, 1.82) is 0 Å². The number of likely N-dealkylation sites (tertiary alicyclic amines) is 2. The zero-order valence-electron chi connectivity index (χ0n) is 18.2. The molecule has 2 atom stereocenters. The van der Waals surface area contributed by atoms with Crippen molar-refractivity contribution < 1.29 is 14.4 Å². The highest BCUT2D eigenvalue weighted by molar-refractivity contribution is 5.97. The number of amides is 3. The fourth-order valence-corrected chi connectivity index (χ4v) is 5.43. The molecular weight excluding hydrogens is 392 g/mol. The fourth-order valence-electron chi connectivity index (χ4n) is 5.43. The molecule has 1 saturated carbocycles. The van der Waals surface area contributed by atoms with E-state index in [2.05, 4.69) is 10.2 Å². The smallest absolute Gasteiger partial charge is 0.247 e. The van der Waals surface area contributed by atoms with Crippen LogP contribution in [0.4, 0.5) is 5.69 Å². The molecule has 2 aliphatic heterocycles. The van der Waals surface area contributed by atoms with Gasteiger partial charge in [-0.15, -0.1) is 0 Å². The predicted octanol–water partition coefficient (Wildman–Crippen LogP) is 2.65. The summed E-state index contributed by atoms with van der Waals surface area (Å²) in [6.45, 7) is 2.16. The summed E-state index contributed by atoms with van der Waals surface area (Å²) in [7, 11) is 0. The molecule has 1 aromatic rings. The van der Waals surface area contributed by atoms with Crippen LogP contribution in [0.15, 0.2) is 24.3 Å². The van der Waals surface area contributed by atoms with Crippen LogP contribution < -0.4 is 11.1 Å². The van der Waals surface area contributed by atoms with E-state index in [0.717, 1.165) is 69.2 Å². The lowest BCUT2D eigenvalue weighted by Crippen LogP contribution is -2.46. The molecule has 3 N–H and O–H groups in total. The molecule has 0 spiro atoms. The molecule has 3 amide bonds. The van der Waals surface area contributed by atoms with Crippen LogP contribution in [-0.2, 0) is 20.9 Å². The van der Waals surface area contributed by atoms with Gasteiger partial charge in [-0.1, -0.05) is 31.4 Å². The van der Waals surface area contributed by atoms with Gasteiger partial charge in [-0.2, -0.15) is 0 Å². The lowest BCUT2D eigenvalue weighted by Gasteiger charge is -2.30. The maximum absolute atomic E-state index is 13.0. The minimum absolute atomic E-state index is 0.0872. The van der Waals surface area contributed by atoms with Crippen LogP contribution in [0.1, 0.15) is 63.4 Å². The number of benzene rings is 1. The summed E-state index contributed by atoms with van der Waals surface area (Å²) in [5.74, 6) is -0.123. The Morgan fingerprint density at radius 3 is 2.45 bits per heavy atom. The normalized spacial score (nSPS) is 25.0. The van der Waals surface area contributed by atoms with Crippen molar-refractivity contribution in [3.05, 3.63) is 29.8 Å². The van der Waals surface area contributed by atoms with Crippen molar-refractivity contribution in [3.63, 3.8) is 0 Å². The first-order valence-corrected chi connectivity index (χ1v) is 11.8. The lowest BCUT2D eigenvalue weighted by molar-refractivity contribution is -0.141. The summed E-state index contributed by atoms with van der Waals surface area (Å²) in [6, 6.07) is 7.16. The third-order valence-electron chi connectivity index (χ3n) is 7.07. The van der Waals surface area contributed by atoms with Gasteiger partial charge in [0.2, 0.25) is 17.7 Å². The molecule has 2 heterocycles. The number of hydrogen-bond donors (Lipinski definition) is 2. The molecule has 1 aliphatic carbocycles. The van der Waals surface area contributed by atoms with E-state index in [0.29, 0.717) is 13.1 Å². The second-order valence-corrected chi connectivity index (χ2v) is 9.25. The number of hydrogen-bond acceptors (Lipinski definition) is 4. The monoisotopic (exact) mass is 426 g/mol. The molecule has 168 valence electrons. The third-order valence-corrected chi connectivity index (χ3v) is 7.07. The van der Waals surface area contributed by atoms with Crippen LogP contribution in [0.5, 0.6) is 0 Å². The first kappa shape index (κ1) is 21.8. The summed E-state index contributed by atoms with van der Waals surface area (Å²) in [6.07, 6.45) is 8.71. The van der Waals surface area contributed by atoms with Gasteiger partial charge < -0.3 is 16.0 Å². The van der Waals surface area contributed by atoms with Crippen molar-refractivity contribution in [1.82, 2.24) is 9.80 Å². The maximum atomic E-state index is 13.0. The Labute approximate surface area is 184 Å². The molecule has 2 unspecified atom stereocenters. The molecule has 7 nitrogen and oxygen atoms in total. The highest BCUT2D eigenvalue weighted by atomic mass is 16.2. The summed E-state index contributed by atoms with van der Waals surface area (Å²) in [4.78, 5) is 41.6. The molecule has 31 heavy (non-hydrogen) atoms. The maximum Gasteiger partial charge on any atom is 0.247 e. The molecular formula is C24H34N4O3.